The average Bonchev–Trinajstić information content (AvgIpc) is 2.86. The highest BCUT2D eigenvalue weighted by Gasteiger charge is 2.03. The maximum absolute atomic E-state index is 4.22. The van der Waals surface area contributed by atoms with E-state index in [0.717, 1.165) is 18.8 Å². The number of nitrogens with one attached hydrogen (secondary N) is 1. The van der Waals surface area contributed by atoms with Crippen molar-refractivity contribution in [3.05, 3.63) is 35.0 Å². The predicted octanol–water partition coefficient (Wildman–Crippen LogP) is 1.52. The lowest BCUT2D eigenvalue weighted by Crippen LogP contribution is -2.30. The second-order valence-electron chi connectivity index (χ2n) is 3.49. The van der Waals surface area contributed by atoms with Crippen molar-refractivity contribution in [2.75, 3.05) is 0 Å². The first-order valence-electron chi connectivity index (χ1n) is 4.92. The molecule has 0 radical (unpaired) electrons. The van der Waals surface area contributed by atoms with Crippen LogP contribution in [0.2, 0.25) is 0 Å². The van der Waals surface area contributed by atoms with Gasteiger partial charge in [0.15, 0.2) is 0 Å². The summed E-state index contributed by atoms with van der Waals surface area (Å²) in [6, 6.07) is 2.33. The quantitative estimate of drug-likeness (QED) is 0.834. The minimum absolute atomic E-state index is 0.395. The molecule has 0 aliphatic heterocycles. The summed E-state index contributed by atoms with van der Waals surface area (Å²) in [5, 5.41) is 9.63. The normalized spacial score (nSPS) is 12.9. The maximum atomic E-state index is 4.22. The zero-order valence-corrected chi connectivity index (χ0v) is 9.44. The van der Waals surface area contributed by atoms with Crippen LogP contribution in [0.25, 0.3) is 0 Å². The van der Waals surface area contributed by atoms with E-state index in [9.17, 15) is 0 Å². The Labute approximate surface area is 93.0 Å². The lowest BCUT2D eigenvalue weighted by Gasteiger charge is -2.12. The largest absolute Gasteiger partial charge is 0.307 e. The lowest BCUT2D eigenvalue weighted by molar-refractivity contribution is 0.449. The van der Waals surface area contributed by atoms with Crippen LogP contribution in [-0.4, -0.2) is 20.8 Å². The molecule has 0 bridgehead atoms. The van der Waals surface area contributed by atoms with E-state index >= 15 is 0 Å². The standard InChI is InChI=1S/C10H14N4S/c1-9(6-14-4-2-3-13-14)11-5-10-7-15-8-12-10/h2-4,7-9,11H,5-6H2,1H3/t9-/m0/s1. The van der Waals surface area contributed by atoms with Gasteiger partial charge in [-0.15, -0.1) is 11.3 Å². The minimum atomic E-state index is 0.395. The molecule has 15 heavy (non-hydrogen) atoms. The third-order valence-electron chi connectivity index (χ3n) is 2.14. The van der Waals surface area contributed by atoms with Crippen molar-refractivity contribution in [2.45, 2.75) is 26.1 Å². The topological polar surface area (TPSA) is 42.7 Å². The van der Waals surface area contributed by atoms with E-state index in [1.165, 1.54) is 0 Å². The molecule has 2 aromatic rings. The highest BCUT2D eigenvalue weighted by atomic mass is 32.1. The van der Waals surface area contributed by atoms with Gasteiger partial charge >= 0.3 is 0 Å². The monoisotopic (exact) mass is 222 g/mol. The van der Waals surface area contributed by atoms with E-state index in [4.69, 9.17) is 0 Å². The van der Waals surface area contributed by atoms with Crippen LogP contribution in [0.1, 0.15) is 12.6 Å². The van der Waals surface area contributed by atoms with Crippen LogP contribution >= 0.6 is 11.3 Å². The molecule has 0 amide bonds. The van der Waals surface area contributed by atoms with Gasteiger partial charge in [0.1, 0.15) is 0 Å². The molecule has 2 heterocycles. The van der Waals surface area contributed by atoms with Crippen LogP contribution < -0.4 is 5.32 Å². The summed E-state index contributed by atoms with van der Waals surface area (Å²) < 4.78 is 1.93. The number of aromatic nitrogens is 3. The summed E-state index contributed by atoms with van der Waals surface area (Å²) in [6.45, 7) is 3.86. The maximum Gasteiger partial charge on any atom is 0.0795 e. The number of thiazole rings is 1. The van der Waals surface area contributed by atoms with E-state index < -0.39 is 0 Å². The van der Waals surface area contributed by atoms with Crippen LogP contribution in [0.15, 0.2) is 29.4 Å². The summed E-state index contributed by atoms with van der Waals surface area (Å²) in [6.07, 6.45) is 3.77. The van der Waals surface area contributed by atoms with Gasteiger partial charge in [-0.2, -0.15) is 5.10 Å². The molecule has 0 fully saturated rings. The van der Waals surface area contributed by atoms with Crippen LogP contribution in [0, 0.1) is 0 Å². The fourth-order valence-corrected chi connectivity index (χ4v) is 1.92. The molecule has 2 rings (SSSR count). The second kappa shape index (κ2) is 5.04. The average molecular weight is 222 g/mol. The summed E-state index contributed by atoms with van der Waals surface area (Å²) in [5.74, 6) is 0. The van der Waals surface area contributed by atoms with Gasteiger partial charge < -0.3 is 5.32 Å². The Morgan fingerprint density at radius 3 is 3.20 bits per heavy atom. The Bertz CT molecular complexity index is 368. The molecule has 1 N–H and O–H groups in total. The Morgan fingerprint density at radius 1 is 1.60 bits per heavy atom. The molecule has 0 saturated carbocycles. The van der Waals surface area contributed by atoms with E-state index in [1.54, 1.807) is 17.5 Å². The van der Waals surface area contributed by atoms with Crippen LogP contribution in [0.3, 0.4) is 0 Å². The first-order chi connectivity index (χ1) is 7.34. The van der Waals surface area contributed by atoms with Gasteiger partial charge in [0.05, 0.1) is 17.7 Å². The Kier molecular flexibility index (Phi) is 3.47. The number of rotatable bonds is 5. The third-order valence-corrected chi connectivity index (χ3v) is 2.77. The van der Waals surface area contributed by atoms with E-state index in [-0.39, 0.29) is 0 Å². The van der Waals surface area contributed by atoms with Crippen molar-refractivity contribution < 1.29 is 0 Å². The number of nitrogens with zero attached hydrogens (tertiary/aromatic N) is 3. The van der Waals surface area contributed by atoms with E-state index in [2.05, 4.69) is 27.7 Å². The molecule has 5 heteroatoms. The summed E-state index contributed by atoms with van der Waals surface area (Å²) in [4.78, 5) is 4.22. The van der Waals surface area contributed by atoms with Crippen molar-refractivity contribution in [3.8, 4) is 0 Å². The van der Waals surface area contributed by atoms with E-state index in [0.29, 0.717) is 6.04 Å². The molecule has 0 unspecified atom stereocenters. The van der Waals surface area contributed by atoms with Gasteiger partial charge in [0, 0.05) is 30.4 Å². The second-order valence-corrected chi connectivity index (χ2v) is 4.21. The Hall–Kier alpha value is -1.20. The molecule has 1 atom stereocenters. The smallest absolute Gasteiger partial charge is 0.0795 e. The first-order valence-corrected chi connectivity index (χ1v) is 5.87. The first kappa shape index (κ1) is 10.3. The summed E-state index contributed by atoms with van der Waals surface area (Å²) in [7, 11) is 0. The third kappa shape index (κ3) is 3.14. The molecule has 0 aromatic carbocycles. The molecule has 0 aliphatic rings. The Morgan fingerprint density at radius 2 is 2.53 bits per heavy atom. The van der Waals surface area contributed by atoms with Crippen LogP contribution in [0.5, 0.6) is 0 Å². The summed E-state index contributed by atoms with van der Waals surface area (Å²) >= 11 is 1.63. The highest BCUT2D eigenvalue weighted by molar-refractivity contribution is 7.07. The molecule has 0 spiro atoms. The SMILES string of the molecule is C[C@@H](Cn1cccn1)NCc1cscn1. The molecule has 80 valence electrons. The molecule has 0 saturated heterocycles. The molecular weight excluding hydrogens is 208 g/mol. The van der Waals surface area contributed by atoms with Crippen molar-refractivity contribution in [1.82, 2.24) is 20.1 Å². The zero-order valence-electron chi connectivity index (χ0n) is 8.63. The lowest BCUT2D eigenvalue weighted by atomic mass is 10.3. The zero-order chi connectivity index (χ0) is 10.5. The fourth-order valence-electron chi connectivity index (χ4n) is 1.36. The number of hydrogen-bond donors (Lipinski definition) is 1. The highest BCUT2D eigenvalue weighted by Crippen LogP contribution is 2.00. The van der Waals surface area contributed by atoms with Crippen LogP contribution in [0.4, 0.5) is 0 Å². The molecule has 0 aliphatic carbocycles. The van der Waals surface area contributed by atoms with Crippen LogP contribution in [-0.2, 0) is 13.1 Å². The molecular formula is C10H14N4S. The minimum Gasteiger partial charge on any atom is -0.307 e. The van der Waals surface area contributed by atoms with Gasteiger partial charge in [0.25, 0.3) is 0 Å². The predicted molar refractivity (Wildman–Crippen MR) is 60.6 cm³/mol. The molecule has 2 aromatic heterocycles. The number of hydrogen-bond acceptors (Lipinski definition) is 4. The van der Waals surface area contributed by atoms with Crippen molar-refractivity contribution in [3.63, 3.8) is 0 Å². The van der Waals surface area contributed by atoms with Crippen molar-refractivity contribution >= 4 is 11.3 Å². The van der Waals surface area contributed by atoms with Gasteiger partial charge in [-0.3, -0.25) is 4.68 Å². The van der Waals surface area contributed by atoms with Crippen molar-refractivity contribution in [2.24, 2.45) is 0 Å². The van der Waals surface area contributed by atoms with Gasteiger partial charge in [-0.05, 0) is 13.0 Å². The van der Waals surface area contributed by atoms with Crippen molar-refractivity contribution in [1.29, 1.82) is 0 Å². The fraction of sp³-hybridized carbons (Fsp3) is 0.400. The summed E-state index contributed by atoms with van der Waals surface area (Å²) in [5.41, 5.74) is 2.96. The Balaban J connectivity index is 1.76. The molecule has 4 nitrogen and oxygen atoms in total. The van der Waals surface area contributed by atoms with Gasteiger partial charge in [-0.25, -0.2) is 4.98 Å². The van der Waals surface area contributed by atoms with E-state index in [1.807, 2.05) is 22.5 Å². The van der Waals surface area contributed by atoms with Gasteiger partial charge in [-0.1, -0.05) is 0 Å². The van der Waals surface area contributed by atoms with Gasteiger partial charge in [0.2, 0.25) is 0 Å².